The van der Waals surface area contributed by atoms with Gasteiger partial charge in [0.05, 0.1) is 18.8 Å². The predicted molar refractivity (Wildman–Crippen MR) is 92.4 cm³/mol. The molecule has 9 nitrogen and oxygen atoms in total. The molecule has 0 aromatic carbocycles. The summed E-state index contributed by atoms with van der Waals surface area (Å²) in [5, 5.41) is 16.1. The van der Waals surface area contributed by atoms with E-state index in [1.54, 1.807) is 10.9 Å². The summed E-state index contributed by atoms with van der Waals surface area (Å²) in [5.74, 6) is -0.0980. The highest BCUT2D eigenvalue weighted by atomic mass is 16.6. The van der Waals surface area contributed by atoms with E-state index in [0.29, 0.717) is 12.2 Å². The van der Waals surface area contributed by atoms with E-state index in [2.05, 4.69) is 25.5 Å². The number of aryl methyl sites for hydroxylation is 1. The Bertz CT molecular complexity index is 750. The van der Waals surface area contributed by atoms with Gasteiger partial charge >= 0.3 is 0 Å². The molecule has 2 aliphatic heterocycles. The summed E-state index contributed by atoms with van der Waals surface area (Å²) in [6.07, 6.45) is 7.43. The molecule has 2 aromatic rings. The van der Waals surface area contributed by atoms with Gasteiger partial charge in [-0.15, -0.1) is 5.10 Å². The zero-order valence-electron chi connectivity index (χ0n) is 15.2. The molecule has 2 aromatic heterocycles. The molecule has 9 heteroatoms. The van der Waals surface area contributed by atoms with E-state index in [0.717, 1.165) is 50.4 Å². The van der Waals surface area contributed by atoms with Crippen LogP contribution in [-0.4, -0.2) is 67.2 Å². The van der Waals surface area contributed by atoms with Crippen molar-refractivity contribution in [2.24, 2.45) is 0 Å². The first-order chi connectivity index (χ1) is 12.7. The van der Waals surface area contributed by atoms with Gasteiger partial charge < -0.3 is 9.80 Å². The molecule has 0 radical (unpaired) electrons. The Morgan fingerprint density at radius 2 is 2.00 bits per heavy atom. The molecule has 1 atom stereocenters. The summed E-state index contributed by atoms with van der Waals surface area (Å²) < 4.78 is 6.58. The van der Waals surface area contributed by atoms with Gasteiger partial charge in [0.1, 0.15) is 11.4 Å². The summed E-state index contributed by atoms with van der Waals surface area (Å²) in [7, 11) is 0. The maximum atomic E-state index is 12.9. The number of hydrogen-bond acceptors (Lipinski definition) is 7. The third-order valence-corrected chi connectivity index (χ3v) is 5.37. The highest BCUT2D eigenvalue weighted by Gasteiger charge is 2.35. The molecule has 26 heavy (non-hydrogen) atoms. The predicted octanol–water partition coefficient (Wildman–Crippen LogP) is 1.43. The number of rotatable bonds is 5. The van der Waals surface area contributed by atoms with Gasteiger partial charge in [-0.3, -0.25) is 9.48 Å². The van der Waals surface area contributed by atoms with E-state index < -0.39 is 0 Å². The molecule has 0 spiro atoms. The lowest BCUT2D eigenvalue weighted by molar-refractivity contribution is 0.0724. The third kappa shape index (κ3) is 3.48. The van der Waals surface area contributed by atoms with Gasteiger partial charge in [0.2, 0.25) is 0 Å². The van der Waals surface area contributed by atoms with Crippen LogP contribution in [0.15, 0.2) is 10.8 Å². The van der Waals surface area contributed by atoms with Crippen molar-refractivity contribution in [2.45, 2.75) is 51.6 Å². The molecule has 0 bridgehead atoms. The van der Waals surface area contributed by atoms with Gasteiger partial charge in [0.15, 0.2) is 5.69 Å². The molecular weight excluding hydrogens is 334 g/mol. The van der Waals surface area contributed by atoms with Crippen molar-refractivity contribution in [3.63, 3.8) is 0 Å². The topological polar surface area (TPSA) is 93.2 Å². The third-order valence-electron chi connectivity index (χ3n) is 5.37. The van der Waals surface area contributed by atoms with Gasteiger partial charge in [0, 0.05) is 13.1 Å². The molecule has 0 aliphatic carbocycles. The van der Waals surface area contributed by atoms with Crippen LogP contribution in [0, 0.1) is 6.92 Å². The minimum atomic E-state index is -0.0980. The Kier molecular flexibility index (Phi) is 4.96. The van der Waals surface area contributed by atoms with E-state index in [1.807, 2.05) is 11.8 Å². The molecular formula is C17H25N7O2. The number of carbonyl (C=O) groups excluding carboxylic acids is 1. The number of nitrogens with zero attached hydrogens (tertiary/aromatic N) is 7. The maximum Gasteiger partial charge on any atom is 0.276 e. The van der Waals surface area contributed by atoms with Crippen molar-refractivity contribution in [3.8, 4) is 0 Å². The summed E-state index contributed by atoms with van der Waals surface area (Å²) in [6.45, 7) is 6.56. The summed E-state index contributed by atoms with van der Waals surface area (Å²) in [5.41, 5.74) is 1.87. The highest BCUT2D eigenvalue weighted by molar-refractivity contribution is 5.92. The van der Waals surface area contributed by atoms with Gasteiger partial charge in [0.25, 0.3) is 5.91 Å². The second-order valence-corrected chi connectivity index (χ2v) is 7.16. The minimum absolute atomic E-state index is 0.0905. The molecule has 1 amide bonds. The average Bonchev–Trinajstić information content (AvgIpc) is 3.40. The first-order valence-electron chi connectivity index (χ1n) is 9.45. The van der Waals surface area contributed by atoms with Gasteiger partial charge in [-0.2, -0.15) is 0 Å². The first-order valence-corrected chi connectivity index (χ1v) is 9.45. The van der Waals surface area contributed by atoms with E-state index in [1.165, 1.54) is 19.3 Å². The lowest BCUT2D eigenvalue weighted by atomic mass is 10.1. The molecule has 1 unspecified atom stereocenters. The smallest absolute Gasteiger partial charge is 0.276 e. The fraction of sp³-hybridized carbons (Fsp3) is 0.706. The molecule has 4 rings (SSSR count). The van der Waals surface area contributed by atoms with Crippen LogP contribution in [0.25, 0.3) is 0 Å². The van der Waals surface area contributed by atoms with Crippen LogP contribution < -0.4 is 0 Å². The van der Waals surface area contributed by atoms with Crippen molar-refractivity contribution >= 4 is 5.91 Å². The normalized spacial score (nSPS) is 21.4. The fourth-order valence-electron chi connectivity index (χ4n) is 3.91. The van der Waals surface area contributed by atoms with Crippen molar-refractivity contribution in [1.29, 1.82) is 0 Å². The quantitative estimate of drug-likeness (QED) is 0.797. The molecule has 0 saturated carbocycles. The molecule has 4 heterocycles. The second kappa shape index (κ2) is 7.53. The van der Waals surface area contributed by atoms with Crippen molar-refractivity contribution < 1.29 is 9.42 Å². The maximum absolute atomic E-state index is 12.9. The van der Waals surface area contributed by atoms with Crippen LogP contribution in [0.5, 0.6) is 0 Å². The van der Waals surface area contributed by atoms with Crippen LogP contribution >= 0.6 is 0 Å². The van der Waals surface area contributed by atoms with E-state index in [4.69, 9.17) is 4.63 Å². The lowest BCUT2D eigenvalue weighted by Crippen LogP contribution is -2.32. The van der Waals surface area contributed by atoms with E-state index in [-0.39, 0.29) is 11.9 Å². The number of carbonyl (C=O) groups is 1. The lowest BCUT2D eigenvalue weighted by Gasteiger charge is -2.26. The number of hydrogen-bond donors (Lipinski definition) is 0. The van der Waals surface area contributed by atoms with Crippen LogP contribution in [0.4, 0.5) is 0 Å². The molecule has 2 fully saturated rings. The highest BCUT2D eigenvalue weighted by Crippen LogP contribution is 2.32. The zero-order chi connectivity index (χ0) is 17.9. The standard InChI is InChI=1S/C17H25N7O2/c1-13-16(20-26-19-13)15-6-5-9-24(15)17(25)14-12-23(21-18-14)11-10-22-7-3-2-4-8-22/h12,15H,2-11H2,1H3. The molecule has 2 aliphatic rings. The first kappa shape index (κ1) is 17.1. The Hall–Kier alpha value is -2.29. The van der Waals surface area contributed by atoms with Crippen LogP contribution in [0.1, 0.15) is 60.0 Å². The largest absolute Gasteiger partial charge is 0.328 e. The number of likely N-dealkylation sites (tertiary alicyclic amines) is 2. The van der Waals surface area contributed by atoms with Crippen molar-refractivity contribution in [3.05, 3.63) is 23.3 Å². The second-order valence-electron chi connectivity index (χ2n) is 7.16. The molecule has 140 valence electrons. The minimum Gasteiger partial charge on any atom is -0.328 e. The Labute approximate surface area is 152 Å². The number of amides is 1. The Morgan fingerprint density at radius 1 is 1.15 bits per heavy atom. The number of aromatic nitrogens is 5. The van der Waals surface area contributed by atoms with E-state index in [9.17, 15) is 4.79 Å². The van der Waals surface area contributed by atoms with Crippen molar-refractivity contribution in [1.82, 2.24) is 35.1 Å². The average molecular weight is 359 g/mol. The van der Waals surface area contributed by atoms with Crippen LogP contribution in [0.3, 0.4) is 0 Å². The van der Waals surface area contributed by atoms with Crippen molar-refractivity contribution in [2.75, 3.05) is 26.2 Å². The number of piperidine rings is 1. The molecule has 0 N–H and O–H groups in total. The molecule has 2 saturated heterocycles. The van der Waals surface area contributed by atoms with Crippen LogP contribution in [-0.2, 0) is 6.54 Å². The van der Waals surface area contributed by atoms with Gasteiger partial charge in [-0.25, -0.2) is 4.63 Å². The zero-order valence-corrected chi connectivity index (χ0v) is 15.2. The van der Waals surface area contributed by atoms with Gasteiger partial charge in [-0.05, 0) is 45.7 Å². The van der Waals surface area contributed by atoms with Crippen LogP contribution in [0.2, 0.25) is 0 Å². The monoisotopic (exact) mass is 359 g/mol. The Balaban J connectivity index is 1.40. The Morgan fingerprint density at radius 3 is 2.77 bits per heavy atom. The van der Waals surface area contributed by atoms with E-state index >= 15 is 0 Å². The SMILES string of the molecule is Cc1nonc1C1CCCN1C(=O)c1cn(CCN2CCCCC2)nn1. The summed E-state index contributed by atoms with van der Waals surface area (Å²) >= 11 is 0. The fourth-order valence-corrected chi connectivity index (χ4v) is 3.91. The van der Waals surface area contributed by atoms with Gasteiger partial charge in [-0.1, -0.05) is 21.9 Å². The summed E-state index contributed by atoms with van der Waals surface area (Å²) in [4.78, 5) is 17.2. The summed E-state index contributed by atoms with van der Waals surface area (Å²) in [6, 6.07) is -0.0905.